The molecule has 1 nitrogen and oxygen atoms in total. The van der Waals surface area contributed by atoms with E-state index in [0.717, 1.165) is 18.6 Å². The quantitative estimate of drug-likeness (QED) is 0.719. The van der Waals surface area contributed by atoms with Gasteiger partial charge in [-0.3, -0.25) is 0 Å². The van der Waals surface area contributed by atoms with Crippen LogP contribution < -0.4 is 4.74 Å². The number of benzene rings is 1. The van der Waals surface area contributed by atoms with Gasteiger partial charge < -0.3 is 4.74 Å². The number of ether oxygens (including phenoxy) is 1. The monoisotopic (exact) mass is 252 g/mol. The summed E-state index contributed by atoms with van der Waals surface area (Å²) in [4.78, 5) is 0. The van der Waals surface area contributed by atoms with Gasteiger partial charge in [0.25, 0.3) is 0 Å². The molecule has 1 aromatic carbocycles. The Morgan fingerprint density at radius 2 is 1.94 bits per heavy atom. The van der Waals surface area contributed by atoms with Gasteiger partial charge in [0, 0.05) is 5.38 Å². The average molecular weight is 253 g/mol. The molecular weight excluding hydrogens is 232 g/mol. The number of hydrogen-bond acceptors (Lipinski definition) is 1. The van der Waals surface area contributed by atoms with Gasteiger partial charge in [0.15, 0.2) is 0 Å². The zero-order valence-electron chi connectivity index (χ0n) is 10.9. The molecule has 2 unspecified atom stereocenters. The number of halogens is 1. The van der Waals surface area contributed by atoms with Gasteiger partial charge in [0.1, 0.15) is 5.75 Å². The van der Waals surface area contributed by atoms with Crippen molar-refractivity contribution in [1.82, 2.24) is 0 Å². The van der Waals surface area contributed by atoms with Crippen LogP contribution in [0, 0.1) is 0 Å². The molecular formula is C15H21ClO. The van der Waals surface area contributed by atoms with Crippen molar-refractivity contribution in [3.05, 3.63) is 29.8 Å². The van der Waals surface area contributed by atoms with E-state index in [1.807, 2.05) is 13.8 Å². The summed E-state index contributed by atoms with van der Waals surface area (Å²) < 4.78 is 5.66. The minimum atomic E-state index is 0.232. The maximum Gasteiger partial charge on any atom is 0.119 e. The van der Waals surface area contributed by atoms with Gasteiger partial charge in [-0.25, -0.2) is 0 Å². The van der Waals surface area contributed by atoms with E-state index in [1.165, 1.54) is 12.0 Å². The zero-order chi connectivity index (χ0) is 12.5. The summed E-state index contributed by atoms with van der Waals surface area (Å²) in [7, 11) is 0. The highest BCUT2D eigenvalue weighted by atomic mass is 35.5. The van der Waals surface area contributed by atoms with Gasteiger partial charge >= 0.3 is 0 Å². The standard InChI is InChI=1S/C15H21ClO/c1-11(2)17-14-6-4-12(5-7-14)15(3)9-8-13(16)10-15/h4-7,11,13H,8-10H2,1-3H3. The molecule has 0 amide bonds. The maximum absolute atomic E-state index is 6.22. The second-order valence-corrected chi connectivity index (χ2v) is 6.21. The molecule has 0 spiro atoms. The summed E-state index contributed by atoms with van der Waals surface area (Å²) in [6, 6.07) is 8.52. The van der Waals surface area contributed by atoms with E-state index in [-0.39, 0.29) is 11.5 Å². The Bertz CT molecular complexity index is 371. The fourth-order valence-corrected chi connectivity index (χ4v) is 3.09. The number of alkyl halides is 1. The molecule has 1 aliphatic rings. The lowest BCUT2D eigenvalue weighted by molar-refractivity contribution is 0.242. The van der Waals surface area contributed by atoms with E-state index in [4.69, 9.17) is 16.3 Å². The molecule has 1 aromatic rings. The second kappa shape index (κ2) is 4.89. The number of rotatable bonds is 3. The normalized spacial score (nSPS) is 28.6. The van der Waals surface area contributed by atoms with E-state index in [2.05, 4.69) is 31.2 Å². The summed E-state index contributed by atoms with van der Waals surface area (Å²) in [6.07, 6.45) is 3.63. The molecule has 1 saturated carbocycles. The van der Waals surface area contributed by atoms with Crippen LogP contribution in [0.1, 0.15) is 45.6 Å². The smallest absolute Gasteiger partial charge is 0.119 e. The van der Waals surface area contributed by atoms with E-state index in [1.54, 1.807) is 0 Å². The van der Waals surface area contributed by atoms with E-state index in [9.17, 15) is 0 Å². The highest BCUT2D eigenvalue weighted by Crippen LogP contribution is 2.43. The van der Waals surface area contributed by atoms with Crippen molar-refractivity contribution in [2.75, 3.05) is 0 Å². The molecule has 0 saturated heterocycles. The van der Waals surface area contributed by atoms with Crippen LogP contribution in [-0.2, 0) is 5.41 Å². The Balaban J connectivity index is 2.12. The maximum atomic E-state index is 6.22. The van der Waals surface area contributed by atoms with Crippen LogP contribution in [-0.4, -0.2) is 11.5 Å². The highest BCUT2D eigenvalue weighted by molar-refractivity contribution is 6.20. The predicted octanol–water partition coefficient (Wildman–Crippen LogP) is 4.52. The van der Waals surface area contributed by atoms with Crippen LogP contribution >= 0.6 is 11.6 Å². The Hall–Kier alpha value is -0.690. The Labute approximate surface area is 109 Å². The topological polar surface area (TPSA) is 9.23 Å². The molecule has 94 valence electrons. The minimum absolute atomic E-state index is 0.232. The Morgan fingerprint density at radius 1 is 1.29 bits per heavy atom. The van der Waals surface area contributed by atoms with Gasteiger partial charge in [0.05, 0.1) is 6.10 Å². The van der Waals surface area contributed by atoms with E-state index in [0.29, 0.717) is 5.38 Å². The van der Waals surface area contributed by atoms with Crippen molar-refractivity contribution in [2.24, 2.45) is 0 Å². The van der Waals surface area contributed by atoms with Crippen LogP contribution in [0.2, 0.25) is 0 Å². The van der Waals surface area contributed by atoms with Crippen molar-refractivity contribution in [3.63, 3.8) is 0 Å². The van der Waals surface area contributed by atoms with Gasteiger partial charge in [-0.15, -0.1) is 11.6 Å². The van der Waals surface area contributed by atoms with E-state index < -0.39 is 0 Å². The first-order valence-electron chi connectivity index (χ1n) is 6.41. The third-order valence-electron chi connectivity index (χ3n) is 3.60. The van der Waals surface area contributed by atoms with Gasteiger partial charge in [-0.2, -0.15) is 0 Å². The fraction of sp³-hybridized carbons (Fsp3) is 0.600. The molecule has 0 bridgehead atoms. The predicted molar refractivity (Wildman–Crippen MR) is 73.1 cm³/mol. The van der Waals surface area contributed by atoms with Crippen molar-refractivity contribution < 1.29 is 4.74 Å². The highest BCUT2D eigenvalue weighted by Gasteiger charge is 2.35. The minimum Gasteiger partial charge on any atom is -0.491 e. The molecule has 2 atom stereocenters. The van der Waals surface area contributed by atoms with Crippen LogP contribution in [0.4, 0.5) is 0 Å². The third kappa shape index (κ3) is 2.95. The summed E-state index contributed by atoms with van der Waals surface area (Å²) in [6.45, 7) is 6.41. The lowest BCUT2D eigenvalue weighted by Gasteiger charge is -2.24. The van der Waals surface area contributed by atoms with Crippen LogP contribution in [0.3, 0.4) is 0 Å². The molecule has 2 heteroatoms. The first-order valence-corrected chi connectivity index (χ1v) is 6.84. The lowest BCUT2D eigenvalue weighted by Crippen LogP contribution is -2.17. The van der Waals surface area contributed by atoms with Crippen molar-refractivity contribution >= 4 is 11.6 Å². The molecule has 17 heavy (non-hydrogen) atoms. The van der Waals surface area contributed by atoms with Gasteiger partial charge in [-0.1, -0.05) is 19.1 Å². The first-order chi connectivity index (χ1) is 7.99. The van der Waals surface area contributed by atoms with Crippen molar-refractivity contribution in [2.45, 2.75) is 56.9 Å². The van der Waals surface area contributed by atoms with Crippen molar-refractivity contribution in [3.8, 4) is 5.75 Å². The Morgan fingerprint density at radius 3 is 2.41 bits per heavy atom. The summed E-state index contributed by atoms with van der Waals surface area (Å²) in [5.41, 5.74) is 1.64. The SMILES string of the molecule is CC(C)Oc1ccc(C2(C)CCC(Cl)C2)cc1. The molecule has 1 aliphatic carbocycles. The molecule has 0 N–H and O–H groups in total. The third-order valence-corrected chi connectivity index (χ3v) is 3.98. The average Bonchev–Trinajstić information content (AvgIpc) is 2.60. The summed E-state index contributed by atoms with van der Waals surface area (Å²) in [5, 5.41) is 0.339. The molecule has 1 fully saturated rings. The van der Waals surface area contributed by atoms with Crippen molar-refractivity contribution in [1.29, 1.82) is 0 Å². The number of hydrogen-bond donors (Lipinski definition) is 0. The largest absolute Gasteiger partial charge is 0.491 e. The first kappa shape index (κ1) is 12.8. The van der Waals surface area contributed by atoms with Gasteiger partial charge in [-0.05, 0) is 56.2 Å². The van der Waals surface area contributed by atoms with Crippen LogP contribution in [0.25, 0.3) is 0 Å². The lowest BCUT2D eigenvalue weighted by atomic mass is 9.81. The van der Waals surface area contributed by atoms with Crippen LogP contribution in [0.5, 0.6) is 5.75 Å². The fourth-order valence-electron chi connectivity index (χ4n) is 2.64. The Kier molecular flexibility index (Phi) is 3.67. The summed E-state index contributed by atoms with van der Waals surface area (Å²) in [5.74, 6) is 0.952. The molecule has 0 heterocycles. The second-order valence-electron chi connectivity index (χ2n) is 5.59. The molecule has 0 aliphatic heterocycles. The van der Waals surface area contributed by atoms with E-state index >= 15 is 0 Å². The van der Waals surface area contributed by atoms with Crippen LogP contribution in [0.15, 0.2) is 24.3 Å². The zero-order valence-corrected chi connectivity index (χ0v) is 11.6. The summed E-state index contributed by atoms with van der Waals surface area (Å²) >= 11 is 6.22. The molecule has 0 radical (unpaired) electrons. The molecule has 0 aromatic heterocycles. The van der Waals surface area contributed by atoms with Gasteiger partial charge in [0.2, 0.25) is 0 Å². The molecule has 2 rings (SSSR count).